The van der Waals surface area contributed by atoms with E-state index in [4.69, 9.17) is 21.9 Å². The van der Waals surface area contributed by atoms with Crippen molar-refractivity contribution in [3.63, 3.8) is 0 Å². The fourth-order valence-electron chi connectivity index (χ4n) is 1.49. The quantitative estimate of drug-likeness (QED) is 0.806. The molecule has 0 bridgehead atoms. The molecule has 0 spiro atoms. The minimum absolute atomic E-state index is 0.350. The second-order valence-corrected chi connectivity index (χ2v) is 3.97. The molecule has 0 saturated heterocycles. The van der Waals surface area contributed by atoms with E-state index in [1.54, 1.807) is 0 Å². The smallest absolute Gasteiger partial charge is 0.225 e. The van der Waals surface area contributed by atoms with E-state index >= 15 is 0 Å². The van der Waals surface area contributed by atoms with Gasteiger partial charge in [0.15, 0.2) is 0 Å². The van der Waals surface area contributed by atoms with Gasteiger partial charge in [0.1, 0.15) is 5.69 Å². The lowest BCUT2D eigenvalue weighted by molar-refractivity contribution is 0.439. The van der Waals surface area contributed by atoms with Crippen molar-refractivity contribution in [2.45, 2.75) is 13.8 Å². The van der Waals surface area contributed by atoms with Crippen LogP contribution in [-0.2, 0) is 0 Å². The first-order valence-corrected chi connectivity index (χ1v) is 4.95. The number of nitrogens with zero attached hydrogens (tertiary/aromatic N) is 1. The molecule has 78 valence electrons. The molecule has 0 aliphatic rings. The average Bonchev–Trinajstić information content (AvgIpc) is 2.46. The maximum Gasteiger partial charge on any atom is 0.225 e. The predicted octanol–water partition coefficient (Wildman–Crippen LogP) is 3.19. The van der Waals surface area contributed by atoms with E-state index in [9.17, 15) is 0 Å². The molecular formula is C11H11ClN2O. The van der Waals surface area contributed by atoms with Crippen LogP contribution in [0.4, 0.5) is 5.88 Å². The summed E-state index contributed by atoms with van der Waals surface area (Å²) in [5.41, 5.74) is 9.19. The van der Waals surface area contributed by atoms with Gasteiger partial charge in [0.2, 0.25) is 5.88 Å². The Hall–Kier alpha value is -1.48. The molecule has 1 aromatic carbocycles. The number of hydrogen-bond acceptors (Lipinski definition) is 3. The number of rotatable bonds is 1. The van der Waals surface area contributed by atoms with E-state index in [0.29, 0.717) is 10.9 Å². The molecule has 0 unspecified atom stereocenters. The third kappa shape index (κ3) is 1.83. The monoisotopic (exact) mass is 222 g/mol. The minimum atomic E-state index is 0.350. The zero-order valence-electron chi connectivity index (χ0n) is 8.54. The molecule has 2 rings (SSSR count). The molecule has 0 aliphatic heterocycles. The summed E-state index contributed by atoms with van der Waals surface area (Å²) in [5, 5.41) is 4.60. The van der Waals surface area contributed by atoms with E-state index in [1.807, 2.05) is 32.0 Å². The van der Waals surface area contributed by atoms with Gasteiger partial charge in [0, 0.05) is 16.1 Å². The van der Waals surface area contributed by atoms with Gasteiger partial charge >= 0.3 is 0 Å². The summed E-state index contributed by atoms with van der Waals surface area (Å²) in [6.45, 7) is 3.85. The number of benzene rings is 1. The van der Waals surface area contributed by atoms with Crippen molar-refractivity contribution in [1.82, 2.24) is 5.16 Å². The van der Waals surface area contributed by atoms with Crippen LogP contribution in [0.2, 0.25) is 5.02 Å². The van der Waals surface area contributed by atoms with Crippen LogP contribution in [0.1, 0.15) is 11.1 Å². The molecule has 0 fully saturated rings. The molecule has 2 N–H and O–H groups in total. The van der Waals surface area contributed by atoms with Crippen molar-refractivity contribution in [3.8, 4) is 11.3 Å². The number of aryl methyl sites for hydroxylation is 1. The Morgan fingerprint density at radius 2 is 2.00 bits per heavy atom. The van der Waals surface area contributed by atoms with Gasteiger partial charge in [-0.15, -0.1) is 0 Å². The van der Waals surface area contributed by atoms with Crippen LogP contribution in [0.15, 0.2) is 22.7 Å². The lowest BCUT2D eigenvalue weighted by atomic mass is 10.1. The first kappa shape index (κ1) is 10.1. The largest absolute Gasteiger partial charge is 0.367 e. The molecule has 0 amide bonds. The van der Waals surface area contributed by atoms with Crippen LogP contribution in [0.5, 0.6) is 0 Å². The molecule has 1 heterocycles. The van der Waals surface area contributed by atoms with Gasteiger partial charge in [-0.3, -0.25) is 0 Å². The molecule has 4 heteroatoms. The van der Waals surface area contributed by atoms with Gasteiger partial charge in [-0.1, -0.05) is 16.8 Å². The summed E-state index contributed by atoms with van der Waals surface area (Å²) in [6, 6.07) is 5.73. The van der Waals surface area contributed by atoms with E-state index in [-0.39, 0.29) is 0 Å². The Morgan fingerprint density at radius 3 is 2.53 bits per heavy atom. The maximum atomic E-state index is 5.97. The normalized spacial score (nSPS) is 10.6. The second-order valence-electron chi connectivity index (χ2n) is 3.54. The molecule has 3 nitrogen and oxygen atoms in total. The fourth-order valence-corrected chi connectivity index (χ4v) is 1.78. The standard InChI is InChI=1S/C11H11ClN2O/c1-6-3-8(5-9(12)4-6)10-7(2)11(13)15-14-10/h3-5H,13H2,1-2H3. The molecule has 15 heavy (non-hydrogen) atoms. The van der Waals surface area contributed by atoms with Crippen LogP contribution >= 0.6 is 11.6 Å². The molecule has 2 aromatic rings. The third-order valence-electron chi connectivity index (χ3n) is 2.28. The van der Waals surface area contributed by atoms with Gasteiger partial charge in [0.05, 0.1) is 0 Å². The lowest BCUT2D eigenvalue weighted by Crippen LogP contribution is -1.86. The summed E-state index contributed by atoms with van der Waals surface area (Å²) >= 11 is 5.97. The number of halogens is 1. The average molecular weight is 223 g/mol. The fraction of sp³-hybridized carbons (Fsp3) is 0.182. The highest BCUT2D eigenvalue weighted by Crippen LogP contribution is 2.28. The van der Waals surface area contributed by atoms with Gasteiger partial charge < -0.3 is 10.3 Å². The zero-order chi connectivity index (χ0) is 11.0. The van der Waals surface area contributed by atoms with Crippen LogP contribution in [0, 0.1) is 13.8 Å². The van der Waals surface area contributed by atoms with E-state index in [1.165, 1.54) is 0 Å². The first-order chi connectivity index (χ1) is 7.08. The van der Waals surface area contributed by atoms with Crippen molar-refractivity contribution in [3.05, 3.63) is 34.3 Å². The van der Waals surface area contributed by atoms with Crippen LogP contribution in [-0.4, -0.2) is 5.16 Å². The van der Waals surface area contributed by atoms with E-state index in [2.05, 4.69) is 5.16 Å². The molecule has 0 radical (unpaired) electrons. The van der Waals surface area contributed by atoms with Crippen molar-refractivity contribution < 1.29 is 4.52 Å². The van der Waals surface area contributed by atoms with E-state index < -0.39 is 0 Å². The highest BCUT2D eigenvalue weighted by Gasteiger charge is 2.11. The lowest BCUT2D eigenvalue weighted by Gasteiger charge is -2.01. The van der Waals surface area contributed by atoms with Gasteiger partial charge in [0.25, 0.3) is 0 Å². The topological polar surface area (TPSA) is 52.0 Å². The maximum absolute atomic E-state index is 5.97. The predicted molar refractivity (Wildman–Crippen MR) is 60.8 cm³/mol. The number of nitrogen functional groups attached to an aromatic ring is 1. The van der Waals surface area contributed by atoms with E-state index in [0.717, 1.165) is 22.4 Å². The molecule has 0 atom stereocenters. The first-order valence-electron chi connectivity index (χ1n) is 4.57. The number of anilines is 1. The van der Waals surface area contributed by atoms with Crippen LogP contribution in [0.3, 0.4) is 0 Å². The Bertz CT molecular complexity index is 485. The van der Waals surface area contributed by atoms with Crippen LogP contribution in [0.25, 0.3) is 11.3 Å². The van der Waals surface area contributed by atoms with Crippen LogP contribution < -0.4 is 5.73 Å². The van der Waals surface area contributed by atoms with Gasteiger partial charge in [-0.2, -0.15) is 0 Å². The van der Waals surface area contributed by atoms with Crippen molar-refractivity contribution >= 4 is 17.5 Å². The molecule has 0 aliphatic carbocycles. The number of hydrogen-bond donors (Lipinski definition) is 1. The third-order valence-corrected chi connectivity index (χ3v) is 2.49. The van der Waals surface area contributed by atoms with Crippen molar-refractivity contribution in [2.24, 2.45) is 0 Å². The summed E-state index contributed by atoms with van der Waals surface area (Å²) in [6.07, 6.45) is 0. The highest BCUT2D eigenvalue weighted by atomic mass is 35.5. The summed E-state index contributed by atoms with van der Waals surface area (Å²) in [4.78, 5) is 0. The Morgan fingerprint density at radius 1 is 1.27 bits per heavy atom. The van der Waals surface area contributed by atoms with Gasteiger partial charge in [-0.05, 0) is 37.6 Å². The van der Waals surface area contributed by atoms with Crippen molar-refractivity contribution in [2.75, 3.05) is 5.73 Å². The second kappa shape index (κ2) is 3.59. The SMILES string of the molecule is Cc1cc(Cl)cc(-c2noc(N)c2C)c1. The molecule has 1 aromatic heterocycles. The Labute approximate surface area is 92.8 Å². The van der Waals surface area contributed by atoms with Gasteiger partial charge in [-0.25, -0.2) is 0 Å². The summed E-state index contributed by atoms with van der Waals surface area (Å²) in [5.74, 6) is 0.350. The zero-order valence-corrected chi connectivity index (χ0v) is 9.30. The summed E-state index contributed by atoms with van der Waals surface area (Å²) < 4.78 is 4.91. The minimum Gasteiger partial charge on any atom is -0.367 e. The number of aromatic nitrogens is 1. The van der Waals surface area contributed by atoms with Crippen molar-refractivity contribution in [1.29, 1.82) is 0 Å². The molecule has 0 saturated carbocycles. The highest BCUT2D eigenvalue weighted by molar-refractivity contribution is 6.30. The number of nitrogens with two attached hydrogens (primary N) is 1. The Kier molecular flexibility index (Phi) is 2.40. The molecular weight excluding hydrogens is 212 g/mol. The summed E-state index contributed by atoms with van der Waals surface area (Å²) in [7, 11) is 0. The Balaban J connectivity index is 2.58.